The Morgan fingerprint density at radius 2 is 1.79 bits per heavy atom. The minimum atomic E-state index is -0.899. The van der Waals surface area contributed by atoms with Crippen molar-refractivity contribution in [2.24, 2.45) is 5.92 Å². The topological polar surface area (TPSA) is 156 Å². The predicted molar refractivity (Wildman–Crippen MR) is 154 cm³/mol. The predicted octanol–water partition coefficient (Wildman–Crippen LogP) is 1.87. The second kappa shape index (κ2) is 13.7. The molecule has 42 heavy (non-hydrogen) atoms. The van der Waals surface area contributed by atoms with Crippen LogP contribution >= 0.6 is 0 Å². The van der Waals surface area contributed by atoms with E-state index in [9.17, 15) is 19.2 Å². The maximum Gasteiger partial charge on any atom is 0.255 e. The summed E-state index contributed by atoms with van der Waals surface area (Å²) >= 11 is 0. The van der Waals surface area contributed by atoms with Crippen molar-refractivity contribution >= 4 is 23.6 Å². The SMILES string of the molecule is Cc1ccc2c(c1)C(=O)NCc1cccc(c1)C(=O)N[C@H](C)C(=O)N[C@H](CC(C)C)C(=O)NCc1cn(nn1)CCO2. The van der Waals surface area contributed by atoms with Gasteiger partial charge >= 0.3 is 0 Å². The van der Waals surface area contributed by atoms with Crippen LogP contribution in [0.4, 0.5) is 0 Å². The summed E-state index contributed by atoms with van der Waals surface area (Å²) in [6, 6.07) is 10.5. The van der Waals surface area contributed by atoms with E-state index in [1.807, 2.05) is 26.8 Å². The van der Waals surface area contributed by atoms with Crippen molar-refractivity contribution in [3.63, 3.8) is 0 Å². The lowest BCUT2D eigenvalue weighted by molar-refractivity contribution is -0.130. The molecule has 4 amide bonds. The van der Waals surface area contributed by atoms with Gasteiger partial charge in [0.1, 0.15) is 30.1 Å². The minimum Gasteiger partial charge on any atom is -0.491 e. The standard InChI is InChI=1S/C30H37N7O5/c1-18(2)12-25-30(41)32-16-23-17-37(36-35-23)10-11-42-26-9-8-19(3)13-24(26)29(40)31-15-21-6-5-7-22(14-21)28(39)33-20(4)27(38)34-25/h5-9,13-14,17-18,20,25H,10-12,15-16H2,1-4H3,(H,31,40)(H,32,41)(H,33,39)(H,34,38)/t20-,25-/m1/s1. The number of hydrogen-bond donors (Lipinski definition) is 4. The average molecular weight is 576 g/mol. The molecule has 4 bridgehead atoms. The van der Waals surface area contributed by atoms with E-state index >= 15 is 0 Å². The number of fused-ring (bicyclic) bond motifs is 5. The van der Waals surface area contributed by atoms with Gasteiger partial charge in [0.05, 0.1) is 24.8 Å². The minimum absolute atomic E-state index is 0.120. The lowest BCUT2D eigenvalue weighted by Gasteiger charge is -2.22. The van der Waals surface area contributed by atoms with Crippen molar-refractivity contribution in [1.29, 1.82) is 0 Å². The van der Waals surface area contributed by atoms with Crippen LogP contribution in [0, 0.1) is 12.8 Å². The molecule has 12 heteroatoms. The Kier molecular flexibility index (Phi) is 9.89. The number of aromatic nitrogens is 3. The van der Waals surface area contributed by atoms with Crippen LogP contribution in [0.5, 0.6) is 5.75 Å². The van der Waals surface area contributed by atoms with E-state index in [0.29, 0.717) is 41.1 Å². The highest BCUT2D eigenvalue weighted by Gasteiger charge is 2.25. The van der Waals surface area contributed by atoms with Crippen molar-refractivity contribution in [1.82, 2.24) is 36.3 Å². The molecule has 0 spiro atoms. The maximum absolute atomic E-state index is 13.1. The molecule has 4 rings (SSSR count). The zero-order chi connectivity index (χ0) is 30.2. The number of hydrogen-bond acceptors (Lipinski definition) is 7. The highest BCUT2D eigenvalue weighted by atomic mass is 16.5. The van der Waals surface area contributed by atoms with Crippen LogP contribution in [0.25, 0.3) is 0 Å². The Morgan fingerprint density at radius 1 is 0.976 bits per heavy atom. The molecule has 2 heterocycles. The van der Waals surface area contributed by atoms with Gasteiger partial charge in [0.15, 0.2) is 0 Å². The first-order valence-electron chi connectivity index (χ1n) is 14.0. The Hall–Kier alpha value is -4.74. The Labute approximate surface area is 244 Å². The first-order chi connectivity index (χ1) is 20.1. The quantitative estimate of drug-likeness (QED) is 0.363. The van der Waals surface area contributed by atoms with Gasteiger partial charge in [0.2, 0.25) is 11.8 Å². The lowest BCUT2D eigenvalue weighted by atomic mass is 10.0. The zero-order valence-corrected chi connectivity index (χ0v) is 24.3. The zero-order valence-electron chi connectivity index (χ0n) is 24.3. The van der Waals surface area contributed by atoms with Gasteiger partial charge in [-0.05, 0) is 56.0 Å². The molecule has 0 unspecified atom stereocenters. The van der Waals surface area contributed by atoms with Gasteiger partial charge in [0, 0.05) is 12.1 Å². The molecule has 1 aliphatic heterocycles. The molecule has 2 atom stereocenters. The van der Waals surface area contributed by atoms with Crippen LogP contribution in [-0.2, 0) is 29.2 Å². The summed E-state index contributed by atoms with van der Waals surface area (Å²) in [4.78, 5) is 52.1. The second-order valence-electron chi connectivity index (χ2n) is 10.8. The molecule has 0 aliphatic carbocycles. The van der Waals surface area contributed by atoms with Crippen molar-refractivity contribution in [3.8, 4) is 5.75 Å². The van der Waals surface area contributed by atoms with Crippen LogP contribution in [-0.4, -0.2) is 57.3 Å². The molecule has 0 fully saturated rings. The number of amides is 4. The van der Waals surface area contributed by atoms with Crippen molar-refractivity contribution in [2.45, 2.75) is 65.8 Å². The molecule has 222 valence electrons. The third-order valence-electron chi connectivity index (χ3n) is 6.71. The molecule has 0 radical (unpaired) electrons. The first-order valence-corrected chi connectivity index (χ1v) is 14.0. The fraction of sp³-hybridized carbons (Fsp3) is 0.400. The Balaban J connectivity index is 1.58. The third-order valence-corrected chi connectivity index (χ3v) is 6.71. The van der Waals surface area contributed by atoms with E-state index < -0.39 is 23.9 Å². The van der Waals surface area contributed by atoms with E-state index in [2.05, 4.69) is 31.6 Å². The van der Waals surface area contributed by atoms with E-state index in [0.717, 1.165) is 5.56 Å². The summed E-state index contributed by atoms with van der Waals surface area (Å²) in [5.74, 6) is -1.05. The highest BCUT2D eigenvalue weighted by Crippen LogP contribution is 2.20. The summed E-state index contributed by atoms with van der Waals surface area (Å²) in [6.45, 7) is 8.26. The number of benzene rings is 2. The van der Waals surface area contributed by atoms with Crippen LogP contribution in [0.3, 0.4) is 0 Å². The average Bonchev–Trinajstić information content (AvgIpc) is 3.42. The molecule has 3 aromatic rings. The van der Waals surface area contributed by atoms with Gasteiger partial charge in [0.25, 0.3) is 11.8 Å². The van der Waals surface area contributed by atoms with Crippen LogP contribution < -0.4 is 26.0 Å². The second-order valence-corrected chi connectivity index (χ2v) is 10.8. The summed E-state index contributed by atoms with van der Waals surface area (Å²) in [5.41, 5.74) is 2.87. The van der Waals surface area contributed by atoms with Crippen LogP contribution in [0.1, 0.15) is 64.7 Å². The maximum atomic E-state index is 13.1. The number of ether oxygens (including phenoxy) is 1. The summed E-state index contributed by atoms with van der Waals surface area (Å²) in [5, 5.41) is 19.4. The van der Waals surface area contributed by atoms with Crippen molar-refractivity contribution in [3.05, 3.63) is 76.6 Å². The Bertz CT molecular complexity index is 1450. The van der Waals surface area contributed by atoms with Gasteiger partial charge in [-0.1, -0.05) is 42.8 Å². The molecule has 2 aromatic carbocycles. The number of aryl methyl sites for hydroxylation is 1. The molecule has 0 saturated heterocycles. The van der Waals surface area contributed by atoms with Crippen molar-refractivity contribution < 1.29 is 23.9 Å². The largest absolute Gasteiger partial charge is 0.491 e. The van der Waals surface area contributed by atoms with Gasteiger partial charge < -0.3 is 26.0 Å². The molecule has 4 N–H and O–H groups in total. The molecule has 12 nitrogen and oxygen atoms in total. The van der Waals surface area contributed by atoms with Gasteiger partial charge in [-0.25, -0.2) is 4.68 Å². The summed E-state index contributed by atoms with van der Waals surface area (Å²) in [6.07, 6.45) is 2.11. The number of rotatable bonds is 2. The van der Waals surface area contributed by atoms with Gasteiger partial charge in [-0.3, -0.25) is 19.2 Å². The van der Waals surface area contributed by atoms with Crippen LogP contribution in [0.15, 0.2) is 48.7 Å². The lowest BCUT2D eigenvalue weighted by Crippen LogP contribution is -2.53. The normalized spacial score (nSPS) is 19.1. The number of carbonyl (C=O) groups excluding carboxylic acids is 4. The third kappa shape index (κ3) is 8.15. The van der Waals surface area contributed by atoms with E-state index in [-0.39, 0.29) is 37.4 Å². The molecule has 1 aliphatic rings. The van der Waals surface area contributed by atoms with Gasteiger partial charge in [-0.2, -0.15) is 0 Å². The highest BCUT2D eigenvalue weighted by molar-refractivity contribution is 5.99. The Morgan fingerprint density at radius 3 is 2.57 bits per heavy atom. The number of nitrogens with one attached hydrogen (secondary N) is 4. The van der Waals surface area contributed by atoms with E-state index in [1.165, 1.54) is 0 Å². The van der Waals surface area contributed by atoms with Crippen LogP contribution in [0.2, 0.25) is 0 Å². The molecular formula is C30H37N7O5. The molecular weight excluding hydrogens is 538 g/mol. The van der Waals surface area contributed by atoms with E-state index in [1.54, 1.807) is 54.2 Å². The number of nitrogens with zero attached hydrogens (tertiary/aromatic N) is 3. The smallest absolute Gasteiger partial charge is 0.255 e. The fourth-order valence-corrected chi connectivity index (χ4v) is 4.47. The molecule has 1 aromatic heterocycles. The fourth-order valence-electron chi connectivity index (χ4n) is 4.47. The van der Waals surface area contributed by atoms with Crippen molar-refractivity contribution in [2.75, 3.05) is 6.61 Å². The first kappa shape index (κ1) is 30.2. The monoisotopic (exact) mass is 575 g/mol. The summed E-state index contributed by atoms with van der Waals surface area (Å²) < 4.78 is 7.53. The number of carbonyl (C=O) groups is 4. The molecule has 0 saturated carbocycles. The van der Waals surface area contributed by atoms with E-state index in [4.69, 9.17) is 4.74 Å². The van der Waals surface area contributed by atoms with Gasteiger partial charge in [-0.15, -0.1) is 5.10 Å². The summed E-state index contributed by atoms with van der Waals surface area (Å²) in [7, 11) is 0.